The number of carbonyl (C=O) groups is 2. The SMILES string of the molecule is O=C(O)c1ccc(C2(NC(=O)c3cc(-c4ccc(F)cc4)cc4cnn(Cc5cccc(-c6ccccc6)c5)c34)CC2)cc1. The third-order valence-electron chi connectivity index (χ3n) is 8.31. The third-order valence-corrected chi connectivity index (χ3v) is 8.31. The molecule has 0 unspecified atom stereocenters. The van der Waals surface area contributed by atoms with Crippen LogP contribution in [0.2, 0.25) is 0 Å². The molecule has 6 aromatic rings. The van der Waals surface area contributed by atoms with Crippen LogP contribution in [0.25, 0.3) is 33.2 Å². The van der Waals surface area contributed by atoms with E-state index in [2.05, 4.69) is 29.6 Å². The maximum atomic E-state index is 14.1. The lowest BCUT2D eigenvalue weighted by atomic mass is 9.98. The standard InChI is InChI=1S/C37H28FN3O3/c38-32-15-11-26(12-16-32)29-20-30-22-39-41(23-24-5-4-8-28(19-24)25-6-2-1-3-7-25)34(30)33(21-29)35(42)40-37(17-18-37)31-13-9-27(10-14-31)36(43)44/h1-16,19-22H,17-18,23H2,(H,40,42)(H,43,44). The number of nitrogens with zero attached hydrogens (tertiary/aromatic N) is 2. The van der Waals surface area contributed by atoms with Gasteiger partial charge in [-0.3, -0.25) is 9.48 Å². The normalized spacial score (nSPS) is 13.5. The molecule has 216 valence electrons. The molecule has 1 heterocycles. The molecule has 1 aromatic heterocycles. The fraction of sp³-hybridized carbons (Fsp3) is 0.108. The van der Waals surface area contributed by atoms with Crippen molar-refractivity contribution >= 4 is 22.8 Å². The molecule has 1 aliphatic carbocycles. The Morgan fingerprint density at radius 1 is 0.795 bits per heavy atom. The maximum absolute atomic E-state index is 14.1. The lowest BCUT2D eigenvalue weighted by Gasteiger charge is -2.19. The van der Waals surface area contributed by atoms with Crippen molar-refractivity contribution in [3.63, 3.8) is 0 Å². The number of carboxylic acids is 1. The number of nitrogens with one attached hydrogen (secondary N) is 1. The zero-order valence-corrected chi connectivity index (χ0v) is 23.7. The van der Waals surface area contributed by atoms with Crippen molar-refractivity contribution in [2.45, 2.75) is 24.9 Å². The molecule has 7 heteroatoms. The highest BCUT2D eigenvalue weighted by Crippen LogP contribution is 2.46. The molecule has 0 radical (unpaired) electrons. The summed E-state index contributed by atoms with van der Waals surface area (Å²) in [5.41, 5.74) is 6.50. The molecule has 2 N–H and O–H groups in total. The molecule has 0 aliphatic heterocycles. The van der Waals surface area contributed by atoms with Gasteiger partial charge in [-0.1, -0.05) is 72.8 Å². The van der Waals surface area contributed by atoms with Crippen molar-refractivity contribution in [2.75, 3.05) is 0 Å². The summed E-state index contributed by atoms with van der Waals surface area (Å²) in [6, 6.07) is 35.1. The summed E-state index contributed by atoms with van der Waals surface area (Å²) in [5, 5.41) is 18.1. The first-order valence-electron chi connectivity index (χ1n) is 14.4. The minimum atomic E-state index is -0.993. The number of rotatable bonds is 8. The Morgan fingerprint density at radius 2 is 1.50 bits per heavy atom. The number of benzene rings is 5. The van der Waals surface area contributed by atoms with Crippen molar-refractivity contribution in [1.29, 1.82) is 0 Å². The Morgan fingerprint density at radius 3 is 2.20 bits per heavy atom. The zero-order chi connectivity index (χ0) is 30.3. The number of hydrogen-bond acceptors (Lipinski definition) is 3. The number of hydrogen-bond donors (Lipinski definition) is 2. The van der Waals surface area contributed by atoms with Gasteiger partial charge in [-0.05, 0) is 88.7 Å². The highest BCUT2D eigenvalue weighted by atomic mass is 19.1. The van der Waals surface area contributed by atoms with E-state index in [9.17, 15) is 19.1 Å². The van der Waals surface area contributed by atoms with Crippen LogP contribution in [-0.4, -0.2) is 26.8 Å². The first-order valence-corrected chi connectivity index (χ1v) is 14.4. The first kappa shape index (κ1) is 27.3. The smallest absolute Gasteiger partial charge is 0.335 e. The van der Waals surface area contributed by atoms with Gasteiger partial charge < -0.3 is 10.4 Å². The molecule has 0 bridgehead atoms. The van der Waals surface area contributed by atoms with Crippen LogP contribution in [0.5, 0.6) is 0 Å². The van der Waals surface area contributed by atoms with Crippen molar-refractivity contribution in [3.05, 3.63) is 150 Å². The number of halogens is 1. The van der Waals surface area contributed by atoms with Gasteiger partial charge in [-0.25, -0.2) is 9.18 Å². The van der Waals surface area contributed by atoms with E-state index in [1.54, 1.807) is 42.6 Å². The summed E-state index contributed by atoms with van der Waals surface area (Å²) in [4.78, 5) is 25.5. The van der Waals surface area contributed by atoms with Gasteiger partial charge in [-0.2, -0.15) is 5.10 Å². The quantitative estimate of drug-likeness (QED) is 0.193. The number of aromatic nitrogens is 2. The topological polar surface area (TPSA) is 84.2 Å². The molecule has 0 atom stereocenters. The Bertz CT molecular complexity index is 2010. The Kier molecular flexibility index (Phi) is 6.78. The monoisotopic (exact) mass is 581 g/mol. The van der Waals surface area contributed by atoms with E-state index in [0.717, 1.165) is 51.6 Å². The second kappa shape index (κ2) is 10.9. The van der Waals surface area contributed by atoms with Gasteiger partial charge in [0.15, 0.2) is 0 Å². The molecule has 0 saturated heterocycles. The number of carbonyl (C=O) groups excluding carboxylic acids is 1. The second-order valence-electron chi connectivity index (χ2n) is 11.3. The molecular formula is C37H28FN3O3. The maximum Gasteiger partial charge on any atom is 0.335 e. The van der Waals surface area contributed by atoms with Crippen LogP contribution in [0.4, 0.5) is 4.39 Å². The lowest BCUT2D eigenvalue weighted by molar-refractivity contribution is 0.0696. The summed E-state index contributed by atoms with van der Waals surface area (Å²) in [7, 11) is 0. The summed E-state index contributed by atoms with van der Waals surface area (Å²) < 4.78 is 15.6. The van der Waals surface area contributed by atoms with Crippen LogP contribution >= 0.6 is 0 Å². The van der Waals surface area contributed by atoms with Crippen LogP contribution in [0, 0.1) is 5.82 Å². The fourth-order valence-corrected chi connectivity index (χ4v) is 5.82. The molecule has 7 rings (SSSR count). The highest BCUT2D eigenvalue weighted by Gasteiger charge is 2.46. The van der Waals surface area contributed by atoms with Gasteiger partial charge in [-0.15, -0.1) is 0 Å². The molecule has 1 amide bonds. The zero-order valence-electron chi connectivity index (χ0n) is 23.7. The van der Waals surface area contributed by atoms with Crippen molar-refractivity contribution < 1.29 is 19.1 Å². The summed E-state index contributed by atoms with van der Waals surface area (Å²) >= 11 is 0. The van der Waals surface area contributed by atoms with E-state index in [1.807, 2.05) is 47.1 Å². The van der Waals surface area contributed by atoms with Crippen molar-refractivity contribution in [3.8, 4) is 22.3 Å². The van der Waals surface area contributed by atoms with Gasteiger partial charge >= 0.3 is 5.97 Å². The minimum absolute atomic E-state index is 0.199. The van der Waals surface area contributed by atoms with Crippen LogP contribution in [0.3, 0.4) is 0 Å². The van der Waals surface area contributed by atoms with Gasteiger partial charge in [0.2, 0.25) is 0 Å². The minimum Gasteiger partial charge on any atom is -0.478 e. The molecule has 1 aliphatic rings. The predicted molar refractivity (Wildman–Crippen MR) is 168 cm³/mol. The van der Waals surface area contributed by atoms with E-state index < -0.39 is 11.5 Å². The van der Waals surface area contributed by atoms with Crippen LogP contribution in [0.1, 0.15) is 44.7 Å². The summed E-state index contributed by atoms with van der Waals surface area (Å²) in [6.07, 6.45) is 3.26. The molecule has 1 saturated carbocycles. The first-order chi connectivity index (χ1) is 21.4. The van der Waals surface area contributed by atoms with Gasteiger partial charge in [0.1, 0.15) is 5.82 Å². The largest absolute Gasteiger partial charge is 0.478 e. The van der Waals surface area contributed by atoms with Crippen LogP contribution in [0.15, 0.2) is 121 Å². The number of fused-ring (bicyclic) bond motifs is 1. The number of aromatic carboxylic acids is 1. The molecule has 0 spiro atoms. The Hall–Kier alpha value is -5.56. The van der Waals surface area contributed by atoms with E-state index in [4.69, 9.17) is 5.10 Å². The lowest BCUT2D eigenvalue weighted by Crippen LogP contribution is -2.35. The predicted octanol–water partition coefficient (Wildman–Crippen LogP) is 7.68. The average Bonchev–Trinajstić information content (AvgIpc) is 3.73. The van der Waals surface area contributed by atoms with Gasteiger partial charge in [0, 0.05) is 5.39 Å². The molecule has 44 heavy (non-hydrogen) atoms. The molecule has 6 nitrogen and oxygen atoms in total. The van der Waals surface area contributed by atoms with Crippen molar-refractivity contribution in [1.82, 2.24) is 15.1 Å². The van der Waals surface area contributed by atoms with E-state index in [1.165, 1.54) is 12.1 Å². The van der Waals surface area contributed by atoms with E-state index >= 15 is 0 Å². The summed E-state index contributed by atoms with van der Waals surface area (Å²) in [5.74, 6) is -1.57. The fourth-order valence-electron chi connectivity index (χ4n) is 5.82. The average molecular weight is 582 g/mol. The van der Waals surface area contributed by atoms with Crippen LogP contribution < -0.4 is 5.32 Å². The van der Waals surface area contributed by atoms with Crippen LogP contribution in [-0.2, 0) is 12.1 Å². The highest BCUT2D eigenvalue weighted by molar-refractivity contribution is 6.08. The third kappa shape index (κ3) is 5.24. The van der Waals surface area contributed by atoms with E-state index in [0.29, 0.717) is 17.6 Å². The number of carboxylic acid groups (broad SMARTS) is 1. The van der Waals surface area contributed by atoms with Gasteiger partial charge in [0.25, 0.3) is 5.91 Å². The van der Waals surface area contributed by atoms with Gasteiger partial charge in [0.05, 0.1) is 34.9 Å². The second-order valence-corrected chi connectivity index (χ2v) is 11.3. The Balaban J connectivity index is 1.28. The molecule has 5 aromatic carbocycles. The van der Waals surface area contributed by atoms with E-state index in [-0.39, 0.29) is 17.3 Å². The number of amides is 1. The Labute approximate surface area is 253 Å². The summed E-state index contributed by atoms with van der Waals surface area (Å²) in [6.45, 7) is 0.460. The van der Waals surface area contributed by atoms with Crippen molar-refractivity contribution in [2.24, 2.45) is 0 Å². The molecule has 1 fully saturated rings. The molecular weight excluding hydrogens is 553 g/mol.